The quantitative estimate of drug-likeness (QED) is 0.580. The van der Waals surface area contributed by atoms with Crippen molar-refractivity contribution in [2.75, 3.05) is 19.8 Å². The molecule has 1 N–H and O–H groups in total. The van der Waals surface area contributed by atoms with E-state index in [1.165, 1.54) is 0 Å². The third-order valence-corrected chi connectivity index (χ3v) is 6.45. The van der Waals surface area contributed by atoms with Crippen molar-refractivity contribution in [3.63, 3.8) is 0 Å². The Kier molecular flexibility index (Phi) is 7.42. The van der Waals surface area contributed by atoms with Crippen molar-refractivity contribution in [3.05, 3.63) is 56.9 Å². The minimum Gasteiger partial charge on any atom is -0.487 e. The number of allylic oxidation sites excluding steroid dienone is 3. The maximum absolute atomic E-state index is 11.6. The summed E-state index contributed by atoms with van der Waals surface area (Å²) in [5.41, 5.74) is 3.68. The fourth-order valence-corrected chi connectivity index (χ4v) is 4.74. The first-order valence-corrected chi connectivity index (χ1v) is 11.8. The number of rotatable bonds is 8. The van der Waals surface area contributed by atoms with Crippen LogP contribution in [0.1, 0.15) is 42.3 Å². The van der Waals surface area contributed by atoms with Crippen LogP contribution in [0.4, 0.5) is 0 Å². The molecule has 1 aromatic heterocycles. The van der Waals surface area contributed by atoms with Crippen LogP contribution >= 0.6 is 11.3 Å². The molecule has 0 saturated carbocycles. The van der Waals surface area contributed by atoms with Gasteiger partial charge in [0.15, 0.2) is 0 Å². The smallest absolute Gasteiger partial charge is 0.332 e. The molecular weight excluding hydrogens is 444 g/mol. The largest absolute Gasteiger partial charge is 0.487 e. The summed E-state index contributed by atoms with van der Waals surface area (Å²) in [6, 6.07) is 0. The average molecular weight is 473 g/mol. The lowest BCUT2D eigenvalue weighted by molar-refractivity contribution is -0.149. The number of thiazole rings is 1. The zero-order valence-corrected chi connectivity index (χ0v) is 19.8. The highest BCUT2D eigenvalue weighted by Gasteiger charge is 2.27. The Balaban J connectivity index is 1.33. The second kappa shape index (κ2) is 10.5. The van der Waals surface area contributed by atoms with Crippen LogP contribution in [-0.4, -0.2) is 48.9 Å². The standard InChI is InChI=1S/C24H28N2O6S/c1-4-29-23(28)13-32-19-8-6-17(9-14(19)2)30-12-22-26-24(15(3)33-22)16-5-7-20-18(10-16)25-21(27)11-31-20/h5-6,9-10,19-20H,4,7-8,11-13H2,1-3H3,(H,25,27). The SMILES string of the molecule is CCOC(=O)COC1CC=C(OCc2nc(C3=CCC4OCC(=O)NC4=C3)c(C)s2)C=C1C. The highest BCUT2D eigenvalue weighted by atomic mass is 32.1. The number of aryl methyl sites for hydroxylation is 1. The number of hydrogen-bond acceptors (Lipinski definition) is 8. The van der Waals surface area contributed by atoms with Gasteiger partial charge in [-0.2, -0.15) is 0 Å². The van der Waals surface area contributed by atoms with Crippen LogP contribution in [0.15, 0.2) is 41.3 Å². The van der Waals surface area contributed by atoms with Gasteiger partial charge in [0.05, 0.1) is 18.4 Å². The zero-order chi connectivity index (χ0) is 23.4. The number of morpholine rings is 1. The summed E-state index contributed by atoms with van der Waals surface area (Å²) in [5.74, 6) is 0.284. The maximum atomic E-state index is 11.6. The van der Waals surface area contributed by atoms with E-state index in [1.54, 1.807) is 18.3 Å². The van der Waals surface area contributed by atoms with Gasteiger partial charge in [-0.15, -0.1) is 11.3 Å². The molecule has 0 bridgehead atoms. The molecule has 176 valence electrons. The number of ether oxygens (including phenoxy) is 4. The Morgan fingerprint density at radius 3 is 2.91 bits per heavy atom. The van der Waals surface area contributed by atoms with Crippen molar-refractivity contribution in [1.29, 1.82) is 0 Å². The number of fused-ring (bicyclic) bond motifs is 1. The molecule has 2 atom stereocenters. The molecule has 1 saturated heterocycles. The number of esters is 1. The third kappa shape index (κ3) is 5.79. The molecule has 4 rings (SSSR count). The van der Waals surface area contributed by atoms with Crippen LogP contribution in [0.25, 0.3) is 5.57 Å². The van der Waals surface area contributed by atoms with Crippen LogP contribution in [0.2, 0.25) is 0 Å². The van der Waals surface area contributed by atoms with Crippen molar-refractivity contribution in [3.8, 4) is 0 Å². The molecular formula is C24H28N2O6S. The summed E-state index contributed by atoms with van der Waals surface area (Å²) < 4.78 is 22.1. The molecule has 8 nitrogen and oxygen atoms in total. The molecule has 9 heteroatoms. The third-order valence-electron chi connectivity index (χ3n) is 5.50. The maximum Gasteiger partial charge on any atom is 0.332 e. The van der Waals surface area contributed by atoms with Gasteiger partial charge >= 0.3 is 5.97 Å². The van der Waals surface area contributed by atoms with Crippen molar-refractivity contribution in [2.45, 2.75) is 52.4 Å². The normalized spacial score (nSPS) is 22.3. The van der Waals surface area contributed by atoms with Crippen molar-refractivity contribution in [2.24, 2.45) is 0 Å². The van der Waals surface area contributed by atoms with Crippen LogP contribution in [-0.2, 0) is 35.1 Å². The fourth-order valence-electron chi connectivity index (χ4n) is 3.88. The van der Waals surface area contributed by atoms with E-state index in [0.29, 0.717) is 26.1 Å². The first-order valence-electron chi connectivity index (χ1n) is 11.0. The molecule has 1 amide bonds. The minimum absolute atomic E-state index is 0.0581. The van der Waals surface area contributed by atoms with Gasteiger partial charge in [-0.1, -0.05) is 6.08 Å². The molecule has 1 fully saturated rings. The molecule has 0 aromatic carbocycles. The van der Waals surface area contributed by atoms with Crippen LogP contribution in [0.5, 0.6) is 0 Å². The monoisotopic (exact) mass is 472 g/mol. The number of amides is 1. The summed E-state index contributed by atoms with van der Waals surface area (Å²) in [5, 5.41) is 3.77. The predicted molar refractivity (Wildman–Crippen MR) is 123 cm³/mol. The molecule has 0 spiro atoms. The van der Waals surface area contributed by atoms with Gasteiger partial charge < -0.3 is 24.3 Å². The lowest BCUT2D eigenvalue weighted by Crippen LogP contribution is -2.41. The van der Waals surface area contributed by atoms with E-state index in [1.807, 2.05) is 32.1 Å². The van der Waals surface area contributed by atoms with Gasteiger partial charge in [-0.05, 0) is 63.0 Å². The van der Waals surface area contributed by atoms with Gasteiger partial charge in [0.2, 0.25) is 5.91 Å². The van der Waals surface area contributed by atoms with Crippen LogP contribution < -0.4 is 5.32 Å². The first kappa shape index (κ1) is 23.4. The number of hydrogen-bond donors (Lipinski definition) is 1. The summed E-state index contributed by atoms with van der Waals surface area (Å²) >= 11 is 1.59. The summed E-state index contributed by atoms with van der Waals surface area (Å²) in [6.07, 6.45) is 9.04. The Morgan fingerprint density at radius 1 is 1.27 bits per heavy atom. The summed E-state index contributed by atoms with van der Waals surface area (Å²) in [4.78, 5) is 29.0. The van der Waals surface area contributed by atoms with Gasteiger partial charge in [-0.25, -0.2) is 9.78 Å². The number of aromatic nitrogens is 1. The van der Waals surface area contributed by atoms with Crippen molar-refractivity contribution in [1.82, 2.24) is 10.3 Å². The van der Waals surface area contributed by atoms with Crippen molar-refractivity contribution < 1.29 is 28.5 Å². The van der Waals surface area contributed by atoms with Gasteiger partial charge in [-0.3, -0.25) is 4.79 Å². The van der Waals surface area contributed by atoms with Crippen LogP contribution in [0, 0.1) is 6.92 Å². The van der Waals surface area contributed by atoms with E-state index in [9.17, 15) is 9.59 Å². The van der Waals surface area contributed by atoms with E-state index in [2.05, 4.69) is 11.4 Å². The lowest BCUT2D eigenvalue weighted by atomic mass is 9.98. The highest BCUT2D eigenvalue weighted by Crippen LogP contribution is 2.32. The Labute approximate surface area is 197 Å². The van der Waals surface area contributed by atoms with E-state index in [4.69, 9.17) is 23.9 Å². The molecule has 3 aliphatic rings. The predicted octanol–water partition coefficient (Wildman–Crippen LogP) is 3.34. The Bertz CT molecular complexity index is 1050. The molecule has 2 unspecified atom stereocenters. The van der Waals surface area contributed by atoms with Gasteiger partial charge in [0.1, 0.15) is 36.7 Å². The molecule has 2 heterocycles. The van der Waals surface area contributed by atoms with E-state index < -0.39 is 0 Å². The number of nitrogens with one attached hydrogen (secondary N) is 1. The number of carbonyl (C=O) groups is 2. The van der Waals surface area contributed by atoms with Gasteiger partial charge in [0.25, 0.3) is 0 Å². The van der Waals surface area contributed by atoms with E-state index in [0.717, 1.165) is 38.2 Å². The highest BCUT2D eigenvalue weighted by molar-refractivity contribution is 7.11. The summed E-state index contributed by atoms with van der Waals surface area (Å²) in [6.45, 7) is 6.52. The minimum atomic E-state index is -0.357. The zero-order valence-electron chi connectivity index (χ0n) is 19.0. The molecule has 2 aliphatic carbocycles. The summed E-state index contributed by atoms with van der Waals surface area (Å²) in [7, 11) is 0. The molecule has 0 radical (unpaired) electrons. The molecule has 1 aromatic rings. The Hall–Kier alpha value is -2.75. The Morgan fingerprint density at radius 2 is 2.12 bits per heavy atom. The van der Waals surface area contributed by atoms with Crippen molar-refractivity contribution >= 4 is 28.8 Å². The number of nitrogens with zero attached hydrogens (tertiary/aromatic N) is 1. The van der Waals surface area contributed by atoms with E-state index in [-0.39, 0.29) is 37.3 Å². The lowest BCUT2D eigenvalue weighted by Gasteiger charge is -2.28. The van der Waals surface area contributed by atoms with Gasteiger partial charge in [0, 0.05) is 10.6 Å². The topological polar surface area (TPSA) is 96.0 Å². The first-order chi connectivity index (χ1) is 15.9. The van der Waals surface area contributed by atoms with E-state index >= 15 is 0 Å². The molecule has 33 heavy (non-hydrogen) atoms. The molecule has 1 aliphatic heterocycles. The van der Waals surface area contributed by atoms with Crippen LogP contribution in [0.3, 0.4) is 0 Å². The number of carbonyl (C=O) groups excluding carboxylic acids is 2. The second-order valence-corrected chi connectivity index (χ2v) is 9.27. The second-order valence-electron chi connectivity index (χ2n) is 7.98. The fraction of sp³-hybridized carbons (Fsp3) is 0.458. The average Bonchev–Trinajstić information content (AvgIpc) is 3.17.